The number of aromatic nitrogens is 1. The smallest absolute Gasteiger partial charge is 0.420 e. The molecule has 2 aromatic rings. The third-order valence-electron chi connectivity index (χ3n) is 5.73. The molecule has 0 saturated carbocycles. The van der Waals surface area contributed by atoms with E-state index in [-0.39, 0.29) is 48.4 Å². The van der Waals surface area contributed by atoms with Crippen LogP contribution in [-0.2, 0) is 20.4 Å². The van der Waals surface area contributed by atoms with Crippen LogP contribution >= 0.6 is 0 Å². The average Bonchev–Trinajstić information content (AvgIpc) is 2.81. The van der Waals surface area contributed by atoms with Gasteiger partial charge in [0, 0.05) is 23.9 Å². The molecule has 4 rings (SSSR count). The van der Waals surface area contributed by atoms with Gasteiger partial charge in [0.05, 0.1) is 25.4 Å². The number of ketones is 1. The van der Waals surface area contributed by atoms with Crippen LogP contribution in [0.25, 0.3) is 5.57 Å². The SMILES string of the molecule is CCOC1=CC(c2cnc(NC(=O)Nc3ccc(OC4(C)COC4)c(C(F)(F)F)c3)c(C)c2)=CCC1=O. The minimum Gasteiger partial charge on any atom is -0.490 e. The number of Topliss-reactive ketones (excluding diaryl/α,β-unsaturated/α-hetero) is 1. The number of halogens is 3. The minimum atomic E-state index is -4.69. The largest absolute Gasteiger partial charge is 0.490 e. The fraction of sp³-hybridized carbons (Fsp3) is 0.346. The highest BCUT2D eigenvalue weighted by Gasteiger charge is 2.40. The number of carbonyl (C=O) groups is 2. The third-order valence-corrected chi connectivity index (χ3v) is 5.73. The average molecular weight is 518 g/mol. The second kappa shape index (κ2) is 10.3. The molecule has 11 heteroatoms. The molecule has 0 bridgehead atoms. The van der Waals surface area contributed by atoms with Crippen molar-refractivity contribution in [1.82, 2.24) is 4.98 Å². The maximum absolute atomic E-state index is 13.7. The molecule has 1 aliphatic heterocycles. The molecule has 1 saturated heterocycles. The third kappa shape index (κ3) is 6.11. The number of allylic oxidation sites excluding steroid dienone is 4. The molecule has 37 heavy (non-hydrogen) atoms. The fourth-order valence-electron chi connectivity index (χ4n) is 3.83. The number of benzene rings is 1. The number of amides is 2. The Kier molecular flexibility index (Phi) is 7.26. The highest BCUT2D eigenvalue weighted by atomic mass is 19.4. The lowest BCUT2D eigenvalue weighted by Crippen LogP contribution is -2.51. The van der Waals surface area contributed by atoms with Gasteiger partial charge >= 0.3 is 12.2 Å². The van der Waals surface area contributed by atoms with E-state index in [9.17, 15) is 22.8 Å². The number of ether oxygens (including phenoxy) is 3. The first-order valence-electron chi connectivity index (χ1n) is 11.6. The summed E-state index contributed by atoms with van der Waals surface area (Å²) in [5.74, 6) is 0.0723. The molecule has 1 aromatic heterocycles. The van der Waals surface area contributed by atoms with Gasteiger partial charge in [-0.3, -0.25) is 10.1 Å². The van der Waals surface area contributed by atoms with Crippen molar-refractivity contribution < 1.29 is 37.0 Å². The summed E-state index contributed by atoms with van der Waals surface area (Å²) in [6, 6.07) is 4.34. The van der Waals surface area contributed by atoms with Crippen molar-refractivity contribution in [2.75, 3.05) is 30.5 Å². The van der Waals surface area contributed by atoms with E-state index in [1.165, 1.54) is 18.3 Å². The topological polar surface area (TPSA) is 98.8 Å². The van der Waals surface area contributed by atoms with Crippen LogP contribution in [0.2, 0.25) is 0 Å². The van der Waals surface area contributed by atoms with Gasteiger partial charge in [-0.1, -0.05) is 6.08 Å². The molecule has 0 unspecified atom stereocenters. The predicted molar refractivity (Wildman–Crippen MR) is 130 cm³/mol. The number of nitrogens with zero attached hydrogens (tertiary/aromatic N) is 1. The van der Waals surface area contributed by atoms with E-state index in [1.807, 2.05) is 0 Å². The van der Waals surface area contributed by atoms with Crippen molar-refractivity contribution in [3.05, 3.63) is 65.1 Å². The Hall–Kier alpha value is -3.86. The van der Waals surface area contributed by atoms with Crippen LogP contribution in [0.4, 0.5) is 29.5 Å². The summed E-state index contributed by atoms with van der Waals surface area (Å²) in [5, 5.41) is 4.96. The number of hydrogen-bond acceptors (Lipinski definition) is 6. The van der Waals surface area contributed by atoms with Gasteiger partial charge in [0.15, 0.2) is 11.4 Å². The van der Waals surface area contributed by atoms with Gasteiger partial charge in [0.2, 0.25) is 5.78 Å². The highest BCUT2D eigenvalue weighted by molar-refractivity contribution is 6.01. The zero-order valence-corrected chi connectivity index (χ0v) is 20.5. The number of alkyl halides is 3. The van der Waals surface area contributed by atoms with E-state index < -0.39 is 23.4 Å². The Morgan fingerprint density at radius 3 is 2.59 bits per heavy atom. The standard InChI is InChI=1S/C26H26F3N3O5/c1-4-36-22-10-16(5-7-20(22)33)17-9-15(2)23(30-12-17)32-24(34)31-18-6-8-21(19(11-18)26(27,28)29)37-25(3)13-35-14-25/h5-6,8-12H,4,7,13-14H2,1-3H3,(H2,30,31,32,34). The lowest BCUT2D eigenvalue weighted by Gasteiger charge is -2.38. The summed E-state index contributed by atoms with van der Waals surface area (Å²) in [5.41, 5.74) is 0.212. The van der Waals surface area contributed by atoms with E-state index >= 15 is 0 Å². The summed E-state index contributed by atoms with van der Waals surface area (Å²) < 4.78 is 56.9. The summed E-state index contributed by atoms with van der Waals surface area (Å²) >= 11 is 0. The van der Waals surface area contributed by atoms with Crippen molar-refractivity contribution in [1.29, 1.82) is 0 Å². The van der Waals surface area contributed by atoms with Crippen LogP contribution in [0.3, 0.4) is 0 Å². The Morgan fingerprint density at radius 1 is 1.22 bits per heavy atom. The molecule has 2 N–H and O–H groups in total. The number of hydrogen-bond donors (Lipinski definition) is 2. The molecule has 1 fully saturated rings. The number of anilines is 2. The van der Waals surface area contributed by atoms with Gasteiger partial charge < -0.3 is 19.5 Å². The lowest BCUT2D eigenvalue weighted by atomic mass is 9.98. The molecule has 2 heterocycles. The molecule has 8 nitrogen and oxygen atoms in total. The van der Waals surface area contributed by atoms with Crippen LogP contribution in [0.5, 0.6) is 5.75 Å². The summed E-state index contributed by atoms with van der Waals surface area (Å²) in [4.78, 5) is 28.8. The second-order valence-electron chi connectivity index (χ2n) is 8.95. The number of rotatable bonds is 7. The maximum atomic E-state index is 13.7. The highest BCUT2D eigenvalue weighted by Crippen LogP contribution is 2.40. The van der Waals surface area contributed by atoms with E-state index in [4.69, 9.17) is 14.2 Å². The Balaban J connectivity index is 1.46. The molecule has 2 aliphatic rings. The number of urea groups is 1. The van der Waals surface area contributed by atoms with Gasteiger partial charge in [-0.25, -0.2) is 9.78 Å². The van der Waals surface area contributed by atoms with E-state index in [0.717, 1.165) is 17.2 Å². The maximum Gasteiger partial charge on any atom is 0.420 e. The van der Waals surface area contributed by atoms with Crippen LogP contribution < -0.4 is 15.4 Å². The first kappa shape index (κ1) is 26.2. The van der Waals surface area contributed by atoms with Gasteiger partial charge in [-0.05, 0) is 62.2 Å². The van der Waals surface area contributed by atoms with Crippen LogP contribution in [-0.4, -0.2) is 42.2 Å². The van der Waals surface area contributed by atoms with E-state index in [0.29, 0.717) is 12.2 Å². The van der Waals surface area contributed by atoms with E-state index in [1.54, 1.807) is 39.0 Å². The Bertz CT molecular complexity index is 1280. The van der Waals surface area contributed by atoms with Crippen molar-refractivity contribution in [2.24, 2.45) is 0 Å². The normalized spacial score (nSPS) is 16.8. The van der Waals surface area contributed by atoms with Crippen LogP contribution in [0, 0.1) is 6.92 Å². The van der Waals surface area contributed by atoms with Crippen molar-refractivity contribution in [2.45, 2.75) is 39.0 Å². The van der Waals surface area contributed by atoms with Gasteiger partial charge in [-0.15, -0.1) is 0 Å². The summed E-state index contributed by atoms with van der Waals surface area (Å²) in [6.45, 7) is 5.94. The molecule has 1 aromatic carbocycles. The van der Waals surface area contributed by atoms with Crippen LogP contribution in [0.15, 0.2) is 48.4 Å². The molecular weight excluding hydrogens is 491 g/mol. The van der Waals surface area contributed by atoms with Crippen molar-refractivity contribution in [3.8, 4) is 5.75 Å². The monoisotopic (exact) mass is 517 g/mol. The Morgan fingerprint density at radius 2 is 1.97 bits per heavy atom. The number of pyridine rings is 1. The first-order valence-corrected chi connectivity index (χ1v) is 11.6. The van der Waals surface area contributed by atoms with Crippen molar-refractivity contribution >= 4 is 28.9 Å². The Labute approximate surface area is 211 Å². The second-order valence-corrected chi connectivity index (χ2v) is 8.95. The zero-order valence-electron chi connectivity index (χ0n) is 20.5. The summed E-state index contributed by atoms with van der Waals surface area (Å²) in [6.07, 6.45) is 0.469. The quantitative estimate of drug-likeness (QED) is 0.504. The van der Waals surface area contributed by atoms with E-state index in [2.05, 4.69) is 15.6 Å². The summed E-state index contributed by atoms with van der Waals surface area (Å²) in [7, 11) is 0. The van der Waals surface area contributed by atoms with Crippen LogP contribution in [0.1, 0.15) is 37.0 Å². The molecule has 1 aliphatic carbocycles. The zero-order chi connectivity index (χ0) is 26.8. The number of nitrogens with one attached hydrogen (secondary N) is 2. The molecule has 0 spiro atoms. The van der Waals surface area contributed by atoms with Gasteiger partial charge in [0.1, 0.15) is 11.6 Å². The van der Waals surface area contributed by atoms with Gasteiger partial charge in [0.25, 0.3) is 0 Å². The molecular formula is C26H26F3N3O5. The first-order chi connectivity index (χ1) is 17.5. The molecule has 196 valence electrons. The predicted octanol–water partition coefficient (Wildman–Crippen LogP) is 5.50. The lowest BCUT2D eigenvalue weighted by molar-refractivity contribution is -0.160. The van der Waals surface area contributed by atoms with Crippen molar-refractivity contribution in [3.63, 3.8) is 0 Å². The molecule has 0 atom stereocenters. The number of carbonyl (C=O) groups excluding carboxylic acids is 2. The minimum absolute atomic E-state index is 0.0629. The van der Waals surface area contributed by atoms with Gasteiger partial charge in [-0.2, -0.15) is 13.2 Å². The number of aryl methyl sites for hydroxylation is 1. The molecule has 0 radical (unpaired) electrons. The molecule has 2 amide bonds. The fourth-order valence-corrected chi connectivity index (χ4v) is 3.83.